The Morgan fingerprint density at radius 1 is 1.38 bits per heavy atom. The van der Waals surface area contributed by atoms with Gasteiger partial charge in [-0.2, -0.15) is 5.26 Å². The smallest absolute Gasteiger partial charge is 0.308 e. The molecule has 0 aliphatic rings. The van der Waals surface area contributed by atoms with Crippen LogP contribution >= 0.6 is 0 Å². The Kier molecular flexibility index (Phi) is 6.01. The van der Waals surface area contributed by atoms with E-state index >= 15 is 0 Å². The fourth-order valence-corrected chi connectivity index (χ4v) is 1.16. The monoisotopic (exact) mass is 229 g/mol. The molecule has 0 saturated carbocycles. The number of carbonyl (C=O) groups excluding carboxylic acids is 1. The molecular weight excluding hydrogens is 210 g/mol. The normalized spacial score (nSPS) is 15.0. The molecule has 0 heterocycles. The Morgan fingerprint density at radius 2 is 1.94 bits per heavy atom. The zero-order valence-corrected chi connectivity index (χ0v) is 9.93. The quantitative estimate of drug-likeness (QED) is 0.679. The van der Waals surface area contributed by atoms with Crippen LogP contribution in [0.4, 0.5) is 0 Å². The molecule has 0 spiro atoms. The van der Waals surface area contributed by atoms with Crippen LogP contribution in [-0.4, -0.2) is 34.0 Å². The summed E-state index contributed by atoms with van der Waals surface area (Å²) in [6.45, 7) is 5.21. The molecule has 0 amide bonds. The molecule has 0 saturated heterocycles. The van der Waals surface area contributed by atoms with Crippen LogP contribution in [0, 0.1) is 11.3 Å². The molecule has 5 heteroatoms. The Hall–Kier alpha value is -1.12. The fraction of sp³-hybridized carbons (Fsp3) is 0.818. The van der Waals surface area contributed by atoms with E-state index in [4.69, 9.17) is 10.00 Å². The van der Waals surface area contributed by atoms with Gasteiger partial charge in [0, 0.05) is 6.42 Å². The molecule has 2 atom stereocenters. The molecule has 16 heavy (non-hydrogen) atoms. The lowest BCUT2D eigenvalue weighted by atomic mass is 10.1. The molecule has 2 N–H and O–H groups in total. The van der Waals surface area contributed by atoms with E-state index in [9.17, 15) is 15.0 Å². The van der Waals surface area contributed by atoms with Crippen molar-refractivity contribution in [1.82, 2.24) is 0 Å². The molecule has 0 radical (unpaired) electrons. The molecular formula is C11H19NO4. The van der Waals surface area contributed by atoms with Crippen LogP contribution in [0.1, 0.15) is 40.0 Å². The van der Waals surface area contributed by atoms with Gasteiger partial charge in [-0.15, -0.1) is 0 Å². The van der Waals surface area contributed by atoms with Gasteiger partial charge in [-0.3, -0.25) is 4.79 Å². The predicted molar refractivity (Wildman–Crippen MR) is 57.3 cm³/mol. The number of carbonyl (C=O) groups is 1. The van der Waals surface area contributed by atoms with Crippen molar-refractivity contribution in [3.05, 3.63) is 0 Å². The summed E-state index contributed by atoms with van der Waals surface area (Å²) >= 11 is 0. The van der Waals surface area contributed by atoms with Crippen molar-refractivity contribution < 1.29 is 19.7 Å². The SMILES string of the molecule is CC(C)(C)OC(=O)C[C@H](O)CC(O)CC#N. The van der Waals surface area contributed by atoms with Gasteiger partial charge < -0.3 is 14.9 Å². The Balaban J connectivity index is 3.92. The lowest BCUT2D eigenvalue weighted by molar-refractivity contribution is -0.157. The van der Waals surface area contributed by atoms with Gasteiger partial charge in [0.2, 0.25) is 0 Å². The zero-order chi connectivity index (χ0) is 12.8. The van der Waals surface area contributed by atoms with Gasteiger partial charge in [0.05, 0.1) is 31.1 Å². The minimum absolute atomic E-state index is 0.00675. The lowest BCUT2D eigenvalue weighted by Crippen LogP contribution is -2.28. The van der Waals surface area contributed by atoms with Crippen LogP contribution in [0.2, 0.25) is 0 Å². The molecule has 0 aromatic heterocycles. The van der Waals surface area contributed by atoms with Crippen molar-refractivity contribution in [3.8, 4) is 6.07 Å². The number of ether oxygens (including phenoxy) is 1. The maximum Gasteiger partial charge on any atom is 0.308 e. The third-order valence-electron chi connectivity index (χ3n) is 1.69. The van der Waals surface area contributed by atoms with E-state index in [1.165, 1.54) is 0 Å². The first kappa shape index (κ1) is 14.9. The highest BCUT2D eigenvalue weighted by Gasteiger charge is 2.20. The van der Waals surface area contributed by atoms with Crippen LogP contribution in [-0.2, 0) is 9.53 Å². The summed E-state index contributed by atoms with van der Waals surface area (Å²) in [6.07, 6.45) is -2.08. The average Bonchev–Trinajstić information content (AvgIpc) is 1.98. The molecule has 0 aliphatic heterocycles. The van der Waals surface area contributed by atoms with Crippen LogP contribution in [0.5, 0.6) is 0 Å². The van der Waals surface area contributed by atoms with Crippen LogP contribution in [0.15, 0.2) is 0 Å². The van der Waals surface area contributed by atoms with Crippen molar-refractivity contribution in [2.24, 2.45) is 0 Å². The number of aliphatic hydroxyl groups is 2. The molecule has 0 bridgehead atoms. The van der Waals surface area contributed by atoms with Crippen molar-refractivity contribution in [3.63, 3.8) is 0 Å². The molecule has 0 aromatic rings. The molecule has 0 rings (SSSR count). The van der Waals surface area contributed by atoms with Gasteiger partial charge in [0.15, 0.2) is 0 Å². The van der Waals surface area contributed by atoms with Crippen LogP contribution in [0.3, 0.4) is 0 Å². The summed E-state index contributed by atoms with van der Waals surface area (Å²) in [7, 11) is 0. The van der Waals surface area contributed by atoms with Gasteiger partial charge in [-0.05, 0) is 20.8 Å². The Morgan fingerprint density at radius 3 is 2.38 bits per heavy atom. The second kappa shape index (κ2) is 6.46. The second-order valence-electron chi connectivity index (χ2n) is 4.70. The number of rotatable bonds is 5. The number of nitriles is 1. The first-order chi connectivity index (χ1) is 7.24. The van der Waals surface area contributed by atoms with Crippen LogP contribution < -0.4 is 0 Å². The van der Waals surface area contributed by atoms with Crippen molar-refractivity contribution in [2.45, 2.75) is 57.8 Å². The van der Waals surface area contributed by atoms with E-state index in [1.807, 2.05) is 0 Å². The Bertz CT molecular complexity index is 264. The number of aliphatic hydroxyl groups excluding tert-OH is 2. The van der Waals surface area contributed by atoms with E-state index < -0.39 is 23.8 Å². The maximum atomic E-state index is 11.3. The van der Waals surface area contributed by atoms with E-state index in [1.54, 1.807) is 26.8 Å². The van der Waals surface area contributed by atoms with Crippen molar-refractivity contribution in [2.75, 3.05) is 0 Å². The highest BCUT2D eigenvalue weighted by Crippen LogP contribution is 2.11. The number of hydrogen-bond acceptors (Lipinski definition) is 5. The fourth-order valence-electron chi connectivity index (χ4n) is 1.16. The summed E-state index contributed by atoms with van der Waals surface area (Å²) in [4.78, 5) is 11.3. The van der Waals surface area contributed by atoms with Gasteiger partial charge in [0.25, 0.3) is 0 Å². The summed E-state index contributed by atoms with van der Waals surface area (Å²) < 4.78 is 5.00. The zero-order valence-electron chi connectivity index (χ0n) is 9.93. The third-order valence-corrected chi connectivity index (χ3v) is 1.69. The average molecular weight is 229 g/mol. The summed E-state index contributed by atoms with van der Waals surface area (Å²) in [5.41, 5.74) is -0.581. The molecule has 0 aromatic carbocycles. The summed E-state index contributed by atoms with van der Waals surface area (Å²) in [5.74, 6) is -0.510. The van der Waals surface area contributed by atoms with E-state index in [0.717, 1.165) is 0 Å². The summed E-state index contributed by atoms with van der Waals surface area (Å²) in [5, 5.41) is 27.0. The minimum Gasteiger partial charge on any atom is -0.460 e. The topological polar surface area (TPSA) is 90.6 Å². The number of hydrogen-bond donors (Lipinski definition) is 2. The van der Waals surface area contributed by atoms with E-state index in [-0.39, 0.29) is 19.3 Å². The minimum atomic E-state index is -0.974. The molecule has 1 unspecified atom stereocenters. The van der Waals surface area contributed by atoms with Gasteiger partial charge in [-0.25, -0.2) is 0 Å². The molecule has 0 fully saturated rings. The van der Waals surface area contributed by atoms with E-state index in [2.05, 4.69) is 0 Å². The predicted octanol–water partition coefficient (Wildman–Crippen LogP) is 0.744. The van der Waals surface area contributed by atoms with Crippen molar-refractivity contribution in [1.29, 1.82) is 5.26 Å². The highest BCUT2D eigenvalue weighted by molar-refractivity contribution is 5.70. The standard InChI is InChI=1S/C11H19NO4/c1-11(2,3)16-10(15)7-9(14)6-8(13)4-5-12/h8-9,13-14H,4,6-7H2,1-3H3/t8?,9-/m1/s1. The molecule has 0 aliphatic carbocycles. The molecule has 92 valence electrons. The second-order valence-corrected chi connectivity index (χ2v) is 4.70. The molecule has 5 nitrogen and oxygen atoms in total. The third kappa shape index (κ3) is 8.21. The maximum absolute atomic E-state index is 11.3. The van der Waals surface area contributed by atoms with Gasteiger partial charge in [0.1, 0.15) is 5.60 Å². The largest absolute Gasteiger partial charge is 0.460 e. The first-order valence-corrected chi connectivity index (χ1v) is 5.19. The first-order valence-electron chi connectivity index (χ1n) is 5.19. The lowest BCUT2D eigenvalue weighted by Gasteiger charge is -2.21. The van der Waals surface area contributed by atoms with Gasteiger partial charge >= 0.3 is 5.97 Å². The summed E-state index contributed by atoms with van der Waals surface area (Å²) in [6, 6.07) is 1.79. The highest BCUT2D eigenvalue weighted by atomic mass is 16.6. The number of nitrogens with zero attached hydrogens (tertiary/aromatic N) is 1. The van der Waals surface area contributed by atoms with Gasteiger partial charge in [-0.1, -0.05) is 0 Å². The van der Waals surface area contributed by atoms with Crippen molar-refractivity contribution >= 4 is 5.97 Å². The Labute approximate surface area is 95.6 Å². The van der Waals surface area contributed by atoms with Crippen LogP contribution in [0.25, 0.3) is 0 Å². The van der Waals surface area contributed by atoms with E-state index in [0.29, 0.717) is 0 Å². The number of esters is 1.